The Morgan fingerprint density at radius 3 is 1.88 bits per heavy atom. The monoisotopic (exact) mass is 243 g/mol. The highest BCUT2D eigenvalue weighted by Gasteiger charge is 2.38. The third-order valence-corrected chi connectivity index (χ3v) is 4.31. The molecular weight excluding hydrogens is 210 g/mol. The minimum atomic E-state index is 0.216. The third kappa shape index (κ3) is 3.94. The third-order valence-electron chi connectivity index (χ3n) is 4.31. The summed E-state index contributed by atoms with van der Waals surface area (Å²) in [5.74, 6) is 5.82. The fourth-order valence-electron chi connectivity index (χ4n) is 3.18. The summed E-state index contributed by atoms with van der Waals surface area (Å²) in [6.45, 7) is 13.5. The summed E-state index contributed by atoms with van der Waals surface area (Å²) in [4.78, 5) is 2.58. The van der Waals surface area contributed by atoms with Crippen molar-refractivity contribution in [3.63, 3.8) is 0 Å². The lowest BCUT2D eigenvalue weighted by molar-refractivity contribution is 0.0453. The highest BCUT2D eigenvalue weighted by atomic mass is 15.3. The van der Waals surface area contributed by atoms with Gasteiger partial charge in [0.15, 0.2) is 0 Å². The fraction of sp³-hybridized carbons (Fsp3) is 1.00. The molecule has 1 atom stereocenters. The fourth-order valence-corrected chi connectivity index (χ4v) is 3.18. The average Bonchev–Trinajstić information content (AvgIpc) is 2.38. The van der Waals surface area contributed by atoms with Gasteiger partial charge in [-0.1, -0.05) is 47.5 Å². The predicted molar refractivity (Wildman–Crippen MR) is 76.9 cm³/mol. The summed E-state index contributed by atoms with van der Waals surface area (Å²) >= 11 is 0. The maximum atomic E-state index is 5.82. The number of likely N-dealkylation sites (N-methyl/N-ethyl adjacent to an activating group) is 1. The van der Waals surface area contributed by atoms with Crippen molar-refractivity contribution < 1.29 is 0 Å². The molecule has 0 aliphatic carbocycles. The van der Waals surface area contributed by atoms with Gasteiger partial charge in [0, 0.05) is 11.6 Å². The van der Waals surface area contributed by atoms with E-state index in [0.29, 0.717) is 6.04 Å². The van der Waals surface area contributed by atoms with Gasteiger partial charge in [0.1, 0.15) is 0 Å². The molecule has 0 saturated carbocycles. The van der Waals surface area contributed by atoms with E-state index in [1.54, 1.807) is 0 Å². The molecular formula is C14H33N3. The van der Waals surface area contributed by atoms with Gasteiger partial charge in [-0.05, 0) is 32.4 Å². The predicted octanol–water partition coefficient (Wildman–Crippen LogP) is 2.91. The standard InChI is InChI=1S/C14H33N3/c1-6-11-12-13(16-15)14(7-2,8-3)17(9-4)10-5/h13,16H,6-12,15H2,1-5H3. The van der Waals surface area contributed by atoms with Crippen molar-refractivity contribution in [1.82, 2.24) is 10.3 Å². The van der Waals surface area contributed by atoms with Crippen molar-refractivity contribution in [1.29, 1.82) is 0 Å². The van der Waals surface area contributed by atoms with Gasteiger partial charge in [-0.25, -0.2) is 0 Å². The topological polar surface area (TPSA) is 41.3 Å². The second-order valence-corrected chi connectivity index (χ2v) is 4.84. The second-order valence-electron chi connectivity index (χ2n) is 4.84. The van der Waals surface area contributed by atoms with Crippen molar-refractivity contribution >= 4 is 0 Å². The SMILES string of the molecule is CCCCC(NN)C(CC)(CC)N(CC)CC. The van der Waals surface area contributed by atoms with E-state index >= 15 is 0 Å². The van der Waals surface area contributed by atoms with Crippen LogP contribution in [0.5, 0.6) is 0 Å². The summed E-state index contributed by atoms with van der Waals surface area (Å²) in [5.41, 5.74) is 3.30. The molecule has 0 rings (SSSR count). The van der Waals surface area contributed by atoms with Crippen molar-refractivity contribution in [2.45, 2.75) is 78.3 Å². The van der Waals surface area contributed by atoms with Gasteiger partial charge in [0.25, 0.3) is 0 Å². The smallest absolute Gasteiger partial charge is 0.0394 e. The number of nitrogens with one attached hydrogen (secondary N) is 1. The van der Waals surface area contributed by atoms with Crippen molar-refractivity contribution in [3.05, 3.63) is 0 Å². The van der Waals surface area contributed by atoms with Gasteiger partial charge in [0.05, 0.1) is 0 Å². The minimum Gasteiger partial charge on any atom is -0.297 e. The molecule has 0 heterocycles. The van der Waals surface area contributed by atoms with E-state index < -0.39 is 0 Å². The summed E-state index contributed by atoms with van der Waals surface area (Å²) in [6.07, 6.45) is 5.97. The zero-order valence-corrected chi connectivity index (χ0v) is 12.6. The van der Waals surface area contributed by atoms with Crippen molar-refractivity contribution in [2.24, 2.45) is 5.84 Å². The first kappa shape index (κ1) is 16.9. The average molecular weight is 243 g/mol. The molecule has 17 heavy (non-hydrogen) atoms. The molecule has 0 saturated heterocycles. The molecule has 0 fully saturated rings. The normalized spacial score (nSPS) is 14.3. The van der Waals surface area contributed by atoms with Crippen molar-refractivity contribution in [3.8, 4) is 0 Å². The van der Waals surface area contributed by atoms with Crippen LogP contribution < -0.4 is 11.3 Å². The molecule has 0 spiro atoms. The van der Waals surface area contributed by atoms with Gasteiger partial charge in [-0.2, -0.15) is 0 Å². The molecule has 0 bridgehead atoms. The molecule has 0 aliphatic rings. The van der Waals surface area contributed by atoms with Gasteiger partial charge in [-0.3, -0.25) is 16.2 Å². The number of hydrogen-bond donors (Lipinski definition) is 2. The molecule has 3 heteroatoms. The van der Waals surface area contributed by atoms with Gasteiger partial charge in [-0.15, -0.1) is 0 Å². The lowest BCUT2D eigenvalue weighted by atomic mass is 9.80. The Morgan fingerprint density at radius 2 is 1.59 bits per heavy atom. The Balaban J connectivity index is 4.97. The first-order valence-electron chi connectivity index (χ1n) is 7.37. The highest BCUT2D eigenvalue weighted by Crippen LogP contribution is 2.30. The van der Waals surface area contributed by atoms with Gasteiger partial charge < -0.3 is 0 Å². The lowest BCUT2D eigenvalue weighted by Gasteiger charge is -2.48. The van der Waals surface area contributed by atoms with E-state index in [-0.39, 0.29) is 5.54 Å². The number of unbranched alkanes of at least 4 members (excludes halogenated alkanes) is 1. The summed E-state index contributed by atoms with van der Waals surface area (Å²) < 4.78 is 0. The maximum Gasteiger partial charge on any atom is 0.0394 e. The van der Waals surface area contributed by atoms with Crippen LogP contribution in [-0.4, -0.2) is 29.6 Å². The molecule has 0 aromatic heterocycles. The Bertz CT molecular complexity index is 174. The van der Waals surface area contributed by atoms with Crippen LogP contribution in [0, 0.1) is 0 Å². The second kappa shape index (κ2) is 8.90. The molecule has 0 aromatic rings. The van der Waals surface area contributed by atoms with Crippen LogP contribution in [0.1, 0.15) is 66.7 Å². The highest BCUT2D eigenvalue weighted by molar-refractivity contribution is 4.97. The number of nitrogens with two attached hydrogens (primary N) is 1. The van der Waals surface area contributed by atoms with Crippen LogP contribution in [-0.2, 0) is 0 Å². The first-order valence-corrected chi connectivity index (χ1v) is 7.37. The number of hydrogen-bond acceptors (Lipinski definition) is 3. The first-order chi connectivity index (χ1) is 8.16. The molecule has 104 valence electrons. The summed E-state index contributed by atoms with van der Waals surface area (Å²) in [6, 6.07) is 0.400. The molecule has 0 aliphatic heterocycles. The van der Waals surface area contributed by atoms with Gasteiger partial charge >= 0.3 is 0 Å². The van der Waals surface area contributed by atoms with E-state index in [9.17, 15) is 0 Å². The van der Waals surface area contributed by atoms with Crippen LogP contribution in [0.15, 0.2) is 0 Å². The van der Waals surface area contributed by atoms with Crippen LogP contribution in [0.4, 0.5) is 0 Å². The quantitative estimate of drug-likeness (QED) is 0.458. The maximum absolute atomic E-state index is 5.82. The Morgan fingerprint density at radius 1 is 1.06 bits per heavy atom. The zero-order valence-electron chi connectivity index (χ0n) is 12.6. The summed E-state index contributed by atoms with van der Waals surface area (Å²) in [5, 5.41) is 0. The van der Waals surface area contributed by atoms with Gasteiger partial charge in [0.2, 0.25) is 0 Å². The Kier molecular flexibility index (Phi) is 8.83. The Labute approximate surface area is 108 Å². The van der Waals surface area contributed by atoms with Crippen LogP contribution >= 0.6 is 0 Å². The number of nitrogens with zero attached hydrogens (tertiary/aromatic N) is 1. The zero-order chi connectivity index (χ0) is 13.3. The van der Waals surface area contributed by atoms with E-state index in [1.165, 1.54) is 19.3 Å². The van der Waals surface area contributed by atoms with Crippen molar-refractivity contribution in [2.75, 3.05) is 13.1 Å². The molecule has 3 N–H and O–H groups in total. The van der Waals surface area contributed by atoms with Crippen LogP contribution in [0.25, 0.3) is 0 Å². The molecule has 1 unspecified atom stereocenters. The molecule has 0 radical (unpaired) electrons. The molecule has 0 aromatic carbocycles. The van der Waals surface area contributed by atoms with E-state index in [1.807, 2.05) is 0 Å². The summed E-state index contributed by atoms with van der Waals surface area (Å²) in [7, 11) is 0. The molecule has 0 amide bonds. The van der Waals surface area contributed by atoms with Crippen LogP contribution in [0.2, 0.25) is 0 Å². The van der Waals surface area contributed by atoms with E-state index in [4.69, 9.17) is 5.84 Å². The van der Waals surface area contributed by atoms with E-state index in [0.717, 1.165) is 25.9 Å². The van der Waals surface area contributed by atoms with Crippen LogP contribution in [0.3, 0.4) is 0 Å². The number of hydrazine groups is 1. The van der Waals surface area contributed by atoms with E-state index in [2.05, 4.69) is 44.9 Å². The lowest BCUT2D eigenvalue weighted by Crippen LogP contribution is -2.62. The molecule has 3 nitrogen and oxygen atoms in total. The Hall–Kier alpha value is -0.120. The number of rotatable bonds is 10. The largest absolute Gasteiger partial charge is 0.297 e. The minimum absolute atomic E-state index is 0.216.